The van der Waals surface area contributed by atoms with Crippen molar-refractivity contribution in [2.45, 2.75) is 6.92 Å². The van der Waals surface area contributed by atoms with Crippen molar-refractivity contribution in [1.82, 2.24) is 0 Å². The van der Waals surface area contributed by atoms with E-state index < -0.39 is 0 Å². The quantitative estimate of drug-likeness (QED) is 0.668. The van der Waals surface area contributed by atoms with E-state index in [1.54, 1.807) is 19.2 Å². The predicted molar refractivity (Wildman–Crippen MR) is 87.5 cm³/mol. The van der Waals surface area contributed by atoms with Crippen molar-refractivity contribution in [1.29, 1.82) is 0 Å². The van der Waals surface area contributed by atoms with Crippen LogP contribution in [0.4, 0.5) is 11.4 Å². The highest BCUT2D eigenvalue weighted by Crippen LogP contribution is 2.32. The van der Waals surface area contributed by atoms with Gasteiger partial charge in [0, 0.05) is 6.07 Å². The van der Waals surface area contributed by atoms with Gasteiger partial charge in [-0.15, -0.1) is 5.11 Å². The summed E-state index contributed by atoms with van der Waals surface area (Å²) in [5, 5.41) is 20.4. The number of aromatic hydroxyl groups is 1. The number of aryl methyl sites for hydroxylation is 1. The van der Waals surface area contributed by atoms with Crippen molar-refractivity contribution >= 4 is 22.1 Å². The van der Waals surface area contributed by atoms with Crippen molar-refractivity contribution in [2.24, 2.45) is 10.2 Å². The largest absolute Gasteiger partial charge is 0.506 e. The van der Waals surface area contributed by atoms with E-state index in [1.807, 2.05) is 30.3 Å². The average Bonchev–Trinajstić information content (AvgIpc) is 2.54. The molecule has 3 rings (SSSR count). The number of methoxy groups -OCH3 is 1. The molecule has 0 aliphatic rings. The number of nitrogens with zero attached hydrogens (tertiary/aromatic N) is 2. The van der Waals surface area contributed by atoms with Crippen LogP contribution in [0.3, 0.4) is 0 Å². The van der Waals surface area contributed by atoms with Crippen LogP contribution in [-0.4, -0.2) is 12.2 Å². The van der Waals surface area contributed by atoms with E-state index in [1.165, 1.54) is 17.0 Å². The monoisotopic (exact) mass is 292 g/mol. The number of rotatable bonds is 3. The molecule has 4 nitrogen and oxygen atoms in total. The van der Waals surface area contributed by atoms with Gasteiger partial charge in [-0.05, 0) is 47.5 Å². The molecule has 0 aromatic heterocycles. The molecule has 0 bridgehead atoms. The smallest absolute Gasteiger partial charge is 0.143 e. The Morgan fingerprint density at radius 2 is 1.82 bits per heavy atom. The molecule has 0 fully saturated rings. The third-order valence-electron chi connectivity index (χ3n) is 3.54. The first kappa shape index (κ1) is 14.1. The Labute approximate surface area is 128 Å². The van der Waals surface area contributed by atoms with Gasteiger partial charge in [0.2, 0.25) is 0 Å². The van der Waals surface area contributed by atoms with Gasteiger partial charge in [0.25, 0.3) is 0 Å². The molecular weight excluding hydrogens is 276 g/mol. The van der Waals surface area contributed by atoms with E-state index >= 15 is 0 Å². The number of hydrogen-bond acceptors (Lipinski definition) is 4. The van der Waals surface area contributed by atoms with Gasteiger partial charge in [0.05, 0.1) is 12.8 Å². The zero-order valence-electron chi connectivity index (χ0n) is 12.4. The molecule has 4 heteroatoms. The lowest BCUT2D eigenvalue weighted by molar-refractivity contribution is 0.412. The summed E-state index contributed by atoms with van der Waals surface area (Å²) in [5.74, 6) is 0.696. The highest BCUT2D eigenvalue weighted by atomic mass is 16.5. The highest BCUT2D eigenvalue weighted by molar-refractivity contribution is 5.87. The summed E-state index contributed by atoms with van der Waals surface area (Å²) in [6.07, 6.45) is 0. The molecule has 0 atom stereocenters. The standard InChI is InChI=1S/C18H16N2O2/c1-12-4-3-5-13-10-14(6-8-16(12)13)19-20-17-11-15(22-2)7-9-18(17)21/h3-11,21H,1-2H3. The minimum atomic E-state index is 0.0705. The highest BCUT2D eigenvalue weighted by Gasteiger charge is 2.03. The Bertz CT molecular complexity index is 857. The topological polar surface area (TPSA) is 54.2 Å². The van der Waals surface area contributed by atoms with Crippen LogP contribution in [0.1, 0.15) is 5.56 Å². The molecule has 0 aliphatic carbocycles. The lowest BCUT2D eigenvalue weighted by Gasteiger charge is -2.03. The molecule has 0 radical (unpaired) electrons. The zero-order chi connectivity index (χ0) is 15.5. The minimum absolute atomic E-state index is 0.0705. The number of phenolic OH excluding ortho intramolecular Hbond substituents is 1. The number of azo groups is 1. The molecule has 110 valence electrons. The molecule has 0 heterocycles. The molecule has 0 unspecified atom stereocenters. The predicted octanol–water partition coefficient (Wildman–Crippen LogP) is 5.28. The molecule has 3 aromatic carbocycles. The number of phenols is 1. The van der Waals surface area contributed by atoms with Crippen molar-refractivity contribution in [3.8, 4) is 11.5 Å². The van der Waals surface area contributed by atoms with E-state index in [2.05, 4.69) is 23.2 Å². The molecule has 0 saturated carbocycles. The molecule has 0 spiro atoms. The second kappa shape index (κ2) is 5.85. The van der Waals surface area contributed by atoms with Gasteiger partial charge in [-0.3, -0.25) is 0 Å². The van der Waals surface area contributed by atoms with E-state index in [4.69, 9.17) is 4.74 Å². The molecule has 22 heavy (non-hydrogen) atoms. The van der Waals surface area contributed by atoms with Crippen LogP contribution in [0.15, 0.2) is 64.8 Å². The Morgan fingerprint density at radius 1 is 0.955 bits per heavy atom. The van der Waals surface area contributed by atoms with Crippen molar-refractivity contribution < 1.29 is 9.84 Å². The fourth-order valence-corrected chi connectivity index (χ4v) is 2.32. The zero-order valence-corrected chi connectivity index (χ0v) is 12.4. The lowest BCUT2D eigenvalue weighted by Crippen LogP contribution is -1.81. The van der Waals surface area contributed by atoms with Crippen LogP contribution in [0.5, 0.6) is 11.5 Å². The van der Waals surface area contributed by atoms with Crippen LogP contribution < -0.4 is 4.74 Å². The Hall–Kier alpha value is -2.88. The summed E-state index contributed by atoms with van der Waals surface area (Å²) in [6, 6.07) is 16.9. The summed E-state index contributed by atoms with van der Waals surface area (Å²) < 4.78 is 5.12. The molecule has 0 amide bonds. The fraction of sp³-hybridized carbons (Fsp3) is 0.111. The van der Waals surface area contributed by atoms with Gasteiger partial charge in [-0.1, -0.05) is 24.3 Å². The SMILES string of the molecule is COc1ccc(O)c(N=Nc2ccc3c(C)cccc3c2)c1. The van der Waals surface area contributed by atoms with Crippen LogP contribution >= 0.6 is 0 Å². The van der Waals surface area contributed by atoms with Crippen molar-refractivity contribution in [3.05, 3.63) is 60.2 Å². The first-order valence-corrected chi connectivity index (χ1v) is 6.95. The number of ether oxygens (including phenoxy) is 1. The van der Waals surface area contributed by atoms with Crippen LogP contribution in [0.2, 0.25) is 0 Å². The lowest BCUT2D eigenvalue weighted by atomic mass is 10.1. The third kappa shape index (κ3) is 2.76. The Balaban J connectivity index is 1.96. The Morgan fingerprint density at radius 3 is 2.64 bits per heavy atom. The van der Waals surface area contributed by atoms with Gasteiger partial charge < -0.3 is 9.84 Å². The van der Waals surface area contributed by atoms with Crippen LogP contribution in [-0.2, 0) is 0 Å². The molecule has 1 N–H and O–H groups in total. The first-order chi connectivity index (χ1) is 10.7. The second-order valence-corrected chi connectivity index (χ2v) is 5.03. The van der Waals surface area contributed by atoms with E-state index in [0.717, 1.165) is 11.1 Å². The van der Waals surface area contributed by atoms with Gasteiger partial charge in [0.1, 0.15) is 17.2 Å². The maximum absolute atomic E-state index is 9.81. The van der Waals surface area contributed by atoms with E-state index in [-0.39, 0.29) is 5.75 Å². The van der Waals surface area contributed by atoms with Gasteiger partial charge >= 0.3 is 0 Å². The molecule has 0 aliphatic heterocycles. The molecular formula is C18H16N2O2. The van der Waals surface area contributed by atoms with Crippen molar-refractivity contribution in [3.63, 3.8) is 0 Å². The summed E-state index contributed by atoms with van der Waals surface area (Å²) in [4.78, 5) is 0. The minimum Gasteiger partial charge on any atom is -0.506 e. The normalized spacial score (nSPS) is 11.2. The number of hydrogen-bond donors (Lipinski definition) is 1. The summed E-state index contributed by atoms with van der Waals surface area (Å²) in [5.41, 5.74) is 2.34. The summed E-state index contributed by atoms with van der Waals surface area (Å²) in [7, 11) is 1.57. The summed E-state index contributed by atoms with van der Waals surface area (Å²) in [6.45, 7) is 2.08. The molecule has 3 aromatic rings. The van der Waals surface area contributed by atoms with Crippen LogP contribution in [0, 0.1) is 6.92 Å². The number of fused-ring (bicyclic) bond motifs is 1. The van der Waals surface area contributed by atoms with E-state index in [9.17, 15) is 5.11 Å². The Kier molecular flexibility index (Phi) is 3.74. The first-order valence-electron chi connectivity index (χ1n) is 6.95. The van der Waals surface area contributed by atoms with Crippen LogP contribution in [0.25, 0.3) is 10.8 Å². The maximum Gasteiger partial charge on any atom is 0.143 e. The van der Waals surface area contributed by atoms with Gasteiger partial charge in [-0.2, -0.15) is 5.11 Å². The second-order valence-electron chi connectivity index (χ2n) is 5.03. The van der Waals surface area contributed by atoms with Gasteiger partial charge in [0.15, 0.2) is 0 Å². The maximum atomic E-state index is 9.81. The fourth-order valence-electron chi connectivity index (χ4n) is 2.32. The average molecular weight is 292 g/mol. The molecule has 0 saturated heterocycles. The van der Waals surface area contributed by atoms with Gasteiger partial charge in [-0.25, -0.2) is 0 Å². The van der Waals surface area contributed by atoms with Crippen molar-refractivity contribution in [2.75, 3.05) is 7.11 Å². The number of benzene rings is 3. The van der Waals surface area contributed by atoms with E-state index in [0.29, 0.717) is 11.4 Å². The summed E-state index contributed by atoms with van der Waals surface area (Å²) >= 11 is 0. The third-order valence-corrected chi connectivity index (χ3v) is 3.54.